The average Bonchev–Trinajstić information content (AvgIpc) is 2.49. The van der Waals surface area contributed by atoms with Gasteiger partial charge in [0.25, 0.3) is 0 Å². The maximum Gasteiger partial charge on any atom is 0.0366 e. The third-order valence-corrected chi connectivity index (χ3v) is 4.17. The molecule has 19 heavy (non-hydrogen) atoms. The van der Waals surface area contributed by atoms with Gasteiger partial charge in [0.1, 0.15) is 0 Å². The van der Waals surface area contributed by atoms with Crippen LogP contribution >= 0.6 is 0 Å². The summed E-state index contributed by atoms with van der Waals surface area (Å²) < 4.78 is 0. The van der Waals surface area contributed by atoms with Gasteiger partial charge >= 0.3 is 0 Å². The molecule has 0 unspecified atom stereocenters. The van der Waals surface area contributed by atoms with Gasteiger partial charge in [0.2, 0.25) is 0 Å². The Labute approximate surface area is 115 Å². The minimum atomic E-state index is 0.739. The van der Waals surface area contributed by atoms with Crippen LogP contribution in [0.5, 0.6) is 0 Å². The molecule has 0 amide bonds. The summed E-state index contributed by atoms with van der Waals surface area (Å²) in [5.41, 5.74) is 4.21. The lowest BCUT2D eigenvalue weighted by Gasteiger charge is -2.34. The first-order valence-corrected chi connectivity index (χ1v) is 7.19. The number of hydrogen-bond acceptors (Lipinski definition) is 1. The van der Waals surface area contributed by atoms with Crippen molar-refractivity contribution in [3.05, 3.63) is 65.7 Å². The largest absolute Gasteiger partial charge is 0.371 e. The van der Waals surface area contributed by atoms with Gasteiger partial charge in [-0.1, -0.05) is 48.0 Å². The standard InChI is InChI=1S/C18H21N/c1-15-7-9-18(10-8-15)19-13-11-17(12-14-19)16-5-3-2-4-6-16/h2-10,17H,11-14H2,1H3. The van der Waals surface area contributed by atoms with E-state index < -0.39 is 0 Å². The monoisotopic (exact) mass is 251 g/mol. The minimum absolute atomic E-state index is 0.739. The van der Waals surface area contributed by atoms with Gasteiger partial charge in [-0.25, -0.2) is 0 Å². The quantitative estimate of drug-likeness (QED) is 0.765. The maximum absolute atomic E-state index is 2.51. The zero-order valence-corrected chi connectivity index (χ0v) is 11.5. The molecule has 1 nitrogen and oxygen atoms in total. The Morgan fingerprint density at radius 2 is 1.47 bits per heavy atom. The van der Waals surface area contributed by atoms with Crippen molar-refractivity contribution in [1.82, 2.24) is 0 Å². The zero-order chi connectivity index (χ0) is 13.1. The van der Waals surface area contributed by atoms with Crippen molar-refractivity contribution >= 4 is 5.69 Å². The Bertz CT molecular complexity index is 507. The summed E-state index contributed by atoms with van der Waals surface area (Å²) in [6, 6.07) is 19.9. The Balaban J connectivity index is 1.65. The second-order valence-electron chi connectivity index (χ2n) is 5.51. The lowest BCUT2D eigenvalue weighted by atomic mass is 9.89. The van der Waals surface area contributed by atoms with Crippen LogP contribution in [0.4, 0.5) is 5.69 Å². The molecule has 98 valence electrons. The molecular weight excluding hydrogens is 230 g/mol. The third-order valence-electron chi connectivity index (χ3n) is 4.17. The summed E-state index contributed by atoms with van der Waals surface area (Å²) >= 11 is 0. The van der Waals surface area contributed by atoms with Crippen LogP contribution in [0.15, 0.2) is 54.6 Å². The number of nitrogens with zero attached hydrogens (tertiary/aromatic N) is 1. The van der Waals surface area contributed by atoms with E-state index in [-0.39, 0.29) is 0 Å². The van der Waals surface area contributed by atoms with Crippen LogP contribution in [0.2, 0.25) is 0 Å². The Hall–Kier alpha value is -1.76. The molecule has 1 aliphatic heterocycles. The van der Waals surface area contributed by atoms with E-state index in [1.165, 1.54) is 42.7 Å². The molecular formula is C18H21N. The van der Waals surface area contributed by atoms with E-state index in [0.717, 1.165) is 5.92 Å². The summed E-state index contributed by atoms with van der Waals surface area (Å²) in [6.45, 7) is 4.48. The highest BCUT2D eigenvalue weighted by molar-refractivity contribution is 5.48. The van der Waals surface area contributed by atoms with Crippen LogP contribution < -0.4 is 4.90 Å². The van der Waals surface area contributed by atoms with Gasteiger partial charge < -0.3 is 4.90 Å². The van der Waals surface area contributed by atoms with Crippen LogP contribution in [0, 0.1) is 6.92 Å². The van der Waals surface area contributed by atoms with Crippen molar-refractivity contribution in [2.24, 2.45) is 0 Å². The molecule has 0 bridgehead atoms. The van der Waals surface area contributed by atoms with E-state index >= 15 is 0 Å². The third kappa shape index (κ3) is 2.81. The van der Waals surface area contributed by atoms with Crippen molar-refractivity contribution in [2.75, 3.05) is 18.0 Å². The topological polar surface area (TPSA) is 3.24 Å². The van der Waals surface area contributed by atoms with Crippen molar-refractivity contribution < 1.29 is 0 Å². The first-order valence-electron chi connectivity index (χ1n) is 7.19. The normalized spacial score (nSPS) is 16.6. The van der Waals surface area contributed by atoms with E-state index in [0.29, 0.717) is 0 Å². The van der Waals surface area contributed by atoms with Crippen LogP contribution in [0.25, 0.3) is 0 Å². The van der Waals surface area contributed by atoms with Crippen molar-refractivity contribution in [1.29, 1.82) is 0 Å². The van der Waals surface area contributed by atoms with Crippen LogP contribution in [0.1, 0.15) is 29.9 Å². The molecule has 0 aromatic heterocycles. The fourth-order valence-electron chi connectivity index (χ4n) is 2.95. The summed E-state index contributed by atoms with van der Waals surface area (Å²) in [7, 11) is 0. The summed E-state index contributed by atoms with van der Waals surface area (Å²) in [4.78, 5) is 2.51. The van der Waals surface area contributed by atoms with Crippen LogP contribution in [-0.2, 0) is 0 Å². The van der Waals surface area contributed by atoms with E-state index in [9.17, 15) is 0 Å². The first-order chi connectivity index (χ1) is 9.33. The molecule has 1 fully saturated rings. The summed E-state index contributed by atoms with van der Waals surface area (Å²) in [6.07, 6.45) is 2.52. The fourth-order valence-corrected chi connectivity index (χ4v) is 2.95. The molecule has 0 atom stereocenters. The van der Waals surface area contributed by atoms with Gasteiger partial charge in [-0.2, -0.15) is 0 Å². The highest BCUT2D eigenvalue weighted by Gasteiger charge is 2.20. The zero-order valence-electron chi connectivity index (χ0n) is 11.5. The second-order valence-corrected chi connectivity index (χ2v) is 5.51. The van der Waals surface area contributed by atoms with E-state index in [2.05, 4.69) is 66.4 Å². The minimum Gasteiger partial charge on any atom is -0.371 e. The molecule has 1 heterocycles. The van der Waals surface area contributed by atoms with Gasteiger partial charge in [0.15, 0.2) is 0 Å². The molecule has 1 saturated heterocycles. The second kappa shape index (κ2) is 5.48. The van der Waals surface area contributed by atoms with Crippen molar-refractivity contribution in [3.8, 4) is 0 Å². The van der Waals surface area contributed by atoms with Crippen LogP contribution in [0.3, 0.4) is 0 Å². The summed E-state index contributed by atoms with van der Waals surface area (Å²) in [5, 5.41) is 0. The fraction of sp³-hybridized carbons (Fsp3) is 0.333. The maximum atomic E-state index is 2.51. The highest BCUT2D eigenvalue weighted by atomic mass is 15.1. The number of aryl methyl sites for hydroxylation is 1. The van der Waals surface area contributed by atoms with E-state index in [4.69, 9.17) is 0 Å². The molecule has 0 spiro atoms. The molecule has 0 saturated carbocycles. The van der Waals surface area contributed by atoms with Crippen molar-refractivity contribution in [2.45, 2.75) is 25.7 Å². The lowest BCUT2D eigenvalue weighted by molar-refractivity contribution is 0.505. The Kier molecular flexibility index (Phi) is 3.54. The van der Waals surface area contributed by atoms with E-state index in [1.54, 1.807) is 0 Å². The molecule has 0 aliphatic carbocycles. The molecule has 1 aliphatic rings. The van der Waals surface area contributed by atoms with Gasteiger partial charge in [0, 0.05) is 18.8 Å². The van der Waals surface area contributed by atoms with Crippen LogP contribution in [-0.4, -0.2) is 13.1 Å². The molecule has 0 N–H and O–H groups in total. The van der Waals surface area contributed by atoms with Gasteiger partial charge in [-0.3, -0.25) is 0 Å². The van der Waals surface area contributed by atoms with Gasteiger partial charge in [0.05, 0.1) is 0 Å². The number of hydrogen-bond donors (Lipinski definition) is 0. The highest BCUT2D eigenvalue weighted by Crippen LogP contribution is 2.30. The predicted molar refractivity (Wildman–Crippen MR) is 81.8 cm³/mol. The SMILES string of the molecule is Cc1ccc(N2CCC(c3ccccc3)CC2)cc1. The van der Waals surface area contributed by atoms with Gasteiger partial charge in [-0.15, -0.1) is 0 Å². The van der Waals surface area contributed by atoms with E-state index in [1.807, 2.05) is 0 Å². The molecule has 3 rings (SSSR count). The predicted octanol–water partition coefficient (Wildman–Crippen LogP) is 4.38. The summed E-state index contributed by atoms with van der Waals surface area (Å²) in [5.74, 6) is 0.739. The molecule has 0 radical (unpaired) electrons. The lowest BCUT2D eigenvalue weighted by Crippen LogP contribution is -2.32. The number of anilines is 1. The Morgan fingerprint density at radius 1 is 0.842 bits per heavy atom. The number of rotatable bonds is 2. The molecule has 2 aromatic rings. The Morgan fingerprint density at radius 3 is 2.11 bits per heavy atom. The number of benzene rings is 2. The average molecular weight is 251 g/mol. The van der Waals surface area contributed by atoms with Gasteiger partial charge in [-0.05, 0) is 43.4 Å². The first kappa shape index (κ1) is 12.3. The molecule has 1 heteroatoms. The number of piperidine rings is 1. The molecule has 2 aromatic carbocycles. The van der Waals surface area contributed by atoms with Crippen molar-refractivity contribution in [3.63, 3.8) is 0 Å². The smallest absolute Gasteiger partial charge is 0.0366 e.